The lowest BCUT2D eigenvalue weighted by Gasteiger charge is -2.30. The number of hydrogen-bond acceptors (Lipinski definition) is 6. The molecular weight excluding hydrogens is 559 g/mol. The van der Waals surface area contributed by atoms with Crippen LogP contribution in [0.25, 0.3) is 11.4 Å². The Morgan fingerprint density at radius 3 is 2.76 bits per heavy atom. The van der Waals surface area contributed by atoms with Crippen molar-refractivity contribution in [1.29, 1.82) is 5.41 Å². The summed E-state index contributed by atoms with van der Waals surface area (Å²) in [4.78, 5) is 19.3. The average molecular weight is 587 g/mol. The van der Waals surface area contributed by atoms with E-state index in [-0.39, 0.29) is 19.2 Å². The van der Waals surface area contributed by atoms with Gasteiger partial charge in [-0.15, -0.1) is 0 Å². The van der Waals surface area contributed by atoms with Gasteiger partial charge in [0.25, 0.3) is 0 Å². The van der Waals surface area contributed by atoms with Gasteiger partial charge in [-0.25, -0.2) is 13.6 Å². The molecule has 1 unspecified atom stereocenters. The van der Waals surface area contributed by atoms with Crippen molar-refractivity contribution >= 4 is 52.0 Å². The van der Waals surface area contributed by atoms with E-state index < -0.39 is 11.2 Å². The Morgan fingerprint density at radius 1 is 1.42 bits per heavy atom. The molecule has 12 heteroatoms. The van der Waals surface area contributed by atoms with Crippen LogP contribution in [0.5, 0.6) is 0 Å². The van der Waals surface area contributed by atoms with Gasteiger partial charge in [0.2, 0.25) is 0 Å². The van der Waals surface area contributed by atoms with Crippen LogP contribution in [-0.4, -0.2) is 67.7 Å². The number of nitrogens with one attached hydrogen (secondary N) is 3. The first-order chi connectivity index (χ1) is 15.9. The highest BCUT2D eigenvalue weighted by atomic mass is 127. The fraction of sp³-hybridized carbons (Fsp3) is 0.524. The number of urea groups is 1. The lowest BCUT2D eigenvalue weighted by Crippen LogP contribution is -2.47. The first-order valence-electron chi connectivity index (χ1n) is 11.0. The van der Waals surface area contributed by atoms with Crippen LogP contribution in [0.15, 0.2) is 18.5 Å². The Labute approximate surface area is 206 Å². The Kier molecular flexibility index (Phi) is 7.20. The van der Waals surface area contributed by atoms with Crippen molar-refractivity contribution < 1.29 is 14.3 Å². The standard InChI is InChI=1S/C21H28FIN7O2P/c1-2-7-29(21(13-31)5-6-21)19(32)27-17-11-30(33-23)28-18(17)16-8-15(14(9-24)10-25-16)26-12-20(22)3-4-20/h8-11,24,31,33H,2-7,12-13H2,1H3,(H,25,26)(H,27,32). The lowest BCUT2D eigenvalue weighted by molar-refractivity contribution is 0.128. The Hall–Kier alpha value is -1.85. The fourth-order valence-corrected chi connectivity index (χ4v) is 4.80. The van der Waals surface area contributed by atoms with E-state index in [9.17, 15) is 14.3 Å². The van der Waals surface area contributed by atoms with Crippen molar-refractivity contribution in [3.8, 4) is 11.4 Å². The Balaban J connectivity index is 1.61. The van der Waals surface area contributed by atoms with Gasteiger partial charge in [-0.05, 0) is 60.2 Å². The number of hydrogen-bond donors (Lipinski definition) is 4. The third kappa shape index (κ3) is 5.30. The zero-order valence-corrected chi connectivity index (χ0v) is 21.5. The van der Waals surface area contributed by atoms with E-state index in [0.29, 0.717) is 54.1 Å². The molecule has 33 heavy (non-hydrogen) atoms. The minimum atomic E-state index is -1.18. The topological polar surface area (TPSA) is 119 Å². The van der Waals surface area contributed by atoms with Crippen LogP contribution in [-0.2, 0) is 0 Å². The van der Waals surface area contributed by atoms with Crippen LogP contribution in [0.1, 0.15) is 44.6 Å². The monoisotopic (exact) mass is 587 g/mol. The molecule has 0 aromatic carbocycles. The van der Waals surface area contributed by atoms with Crippen LogP contribution in [0.3, 0.4) is 0 Å². The molecule has 2 aliphatic rings. The number of rotatable bonds is 11. The first-order valence-corrected chi connectivity index (χ1v) is 15.0. The van der Waals surface area contributed by atoms with E-state index in [4.69, 9.17) is 5.41 Å². The predicted molar refractivity (Wildman–Crippen MR) is 138 cm³/mol. The van der Waals surface area contributed by atoms with Gasteiger partial charge < -0.3 is 26.0 Å². The third-order valence-electron chi connectivity index (χ3n) is 6.15. The van der Waals surface area contributed by atoms with Crippen molar-refractivity contribution in [2.75, 3.05) is 30.3 Å². The van der Waals surface area contributed by atoms with Gasteiger partial charge in [0.05, 0.1) is 36.1 Å². The summed E-state index contributed by atoms with van der Waals surface area (Å²) in [5, 5.41) is 28.1. The van der Waals surface area contributed by atoms with Gasteiger partial charge in [-0.2, -0.15) is 5.10 Å². The van der Waals surface area contributed by atoms with Gasteiger partial charge in [0.1, 0.15) is 11.4 Å². The lowest BCUT2D eigenvalue weighted by atomic mass is 10.1. The van der Waals surface area contributed by atoms with Crippen molar-refractivity contribution in [1.82, 2.24) is 19.4 Å². The van der Waals surface area contributed by atoms with Crippen LogP contribution >= 0.6 is 28.4 Å². The highest BCUT2D eigenvalue weighted by Crippen LogP contribution is 2.42. The SMILES string of the molecule is CCCN(C(=O)Nc1cn(PI)nc1-c1cc(NCC2(F)CC2)c(C=N)cn1)C1(CO)CC1. The van der Waals surface area contributed by atoms with Crippen molar-refractivity contribution in [3.05, 3.63) is 24.0 Å². The Morgan fingerprint density at radius 2 is 2.18 bits per heavy atom. The van der Waals surface area contributed by atoms with Gasteiger partial charge in [0.15, 0.2) is 0 Å². The zero-order chi connectivity index (χ0) is 23.6. The summed E-state index contributed by atoms with van der Waals surface area (Å²) in [5.41, 5.74) is 1.03. The quantitative estimate of drug-likeness (QED) is 0.177. The highest BCUT2D eigenvalue weighted by molar-refractivity contribution is 14.2. The molecule has 2 amide bonds. The second-order valence-electron chi connectivity index (χ2n) is 8.69. The second kappa shape index (κ2) is 9.79. The molecule has 1 atom stereocenters. The maximum Gasteiger partial charge on any atom is 0.322 e. The second-order valence-corrected chi connectivity index (χ2v) is 10.8. The molecule has 4 N–H and O–H groups in total. The average Bonchev–Trinajstić information content (AvgIpc) is 3.74. The van der Waals surface area contributed by atoms with Gasteiger partial charge in [0, 0.05) is 36.8 Å². The number of halogens is 2. The normalized spacial score (nSPS) is 17.7. The smallest absolute Gasteiger partial charge is 0.322 e. The molecule has 0 radical (unpaired) electrons. The van der Waals surface area contributed by atoms with Crippen LogP contribution in [0.2, 0.25) is 0 Å². The number of alkyl halides is 1. The van der Waals surface area contributed by atoms with Gasteiger partial charge >= 0.3 is 6.03 Å². The van der Waals surface area contributed by atoms with E-state index in [2.05, 4.69) is 42.8 Å². The minimum absolute atomic E-state index is 0.0561. The number of nitrogens with zero attached hydrogens (tertiary/aromatic N) is 4. The van der Waals surface area contributed by atoms with E-state index in [0.717, 1.165) is 19.3 Å². The van der Waals surface area contributed by atoms with Crippen molar-refractivity contribution in [2.24, 2.45) is 0 Å². The molecule has 2 saturated carbocycles. The summed E-state index contributed by atoms with van der Waals surface area (Å²) in [7, 11) is 0. The fourth-order valence-electron chi connectivity index (χ4n) is 3.75. The molecule has 2 aromatic rings. The molecule has 0 saturated heterocycles. The van der Waals surface area contributed by atoms with Crippen LogP contribution in [0, 0.1) is 5.41 Å². The van der Waals surface area contributed by atoms with Gasteiger partial charge in [-0.3, -0.25) is 4.98 Å². The minimum Gasteiger partial charge on any atom is -0.394 e. The van der Waals surface area contributed by atoms with Crippen molar-refractivity contribution in [3.63, 3.8) is 0 Å². The zero-order valence-electron chi connectivity index (χ0n) is 18.4. The molecule has 0 spiro atoms. The van der Waals surface area contributed by atoms with Crippen molar-refractivity contribution in [2.45, 2.75) is 50.2 Å². The number of pyridine rings is 1. The number of carbonyl (C=O) groups excluding carboxylic acids is 1. The first kappa shape index (κ1) is 24.3. The van der Waals surface area contributed by atoms with E-state index in [1.807, 2.05) is 6.92 Å². The maximum atomic E-state index is 14.1. The molecule has 178 valence electrons. The summed E-state index contributed by atoms with van der Waals surface area (Å²) >= 11 is 2.21. The molecule has 0 aliphatic heterocycles. The van der Waals surface area contributed by atoms with Gasteiger partial charge in [-0.1, -0.05) is 6.92 Å². The number of aromatic nitrogens is 3. The molecule has 2 aromatic heterocycles. The van der Waals surface area contributed by atoms with E-state index in [1.165, 1.54) is 6.21 Å². The summed E-state index contributed by atoms with van der Waals surface area (Å²) in [6.07, 6.45) is 8.26. The molecule has 4 rings (SSSR count). The molecular formula is C21H28FIN7O2P. The number of amides is 2. The number of aliphatic hydroxyl groups is 1. The van der Waals surface area contributed by atoms with E-state index >= 15 is 0 Å². The molecule has 2 fully saturated rings. The third-order valence-corrected chi connectivity index (χ3v) is 8.04. The number of carbonyl (C=O) groups is 1. The highest BCUT2D eigenvalue weighted by Gasteiger charge is 2.49. The summed E-state index contributed by atoms with van der Waals surface area (Å²) in [6.45, 7) is 2.68. The Bertz CT molecular complexity index is 1040. The summed E-state index contributed by atoms with van der Waals surface area (Å²) in [5.74, 6) is 0. The van der Waals surface area contributed by atoms with Crippen LogP contribution < -0.4 is 10.6 Å². The maximum absolute atomic E-state index is 14.1. The summed E-state index contributed by atoms with van der Waals surface area (Å²) in [6, 6.07) is 1.47. The molecule has 2 heterocycles. The molecule has 9 nitrogen and oxygen atoms in total. The number of anilines is 2. The van der Waals surface area contributed by atoms with Crippen LogP contribution in [0.4, 0.5) is 20.6 Å². The summed E-state index contributed by atoms with van der Waals surface area (Å²) < 4.78 is 15.9. The van der Waals surface area contributed by atoms with E-state index in [1.54, 1.807) is 27.8 Å². The largest absolute Gasteiger partial charge is 0.394 e. The molecule has 0 bridgehead atoms. The predicted octanol–water partition coefficient (Wildman–Crippen LogP) is 4.42. The number of aliphatic hydroxyl groups excluding tert-OH is 1. The molecule has 2 aliphatic carbocycles.